The van der Waals surface area contributed by atoms with E-state index in [9.17, 15) is 23.9 Å². The Labute approximate surface area is 206 Å². The number of aliphatic hydroxyl groups is 1. The Balaban J connectivity index is 1.83. The summed E-state index contributed by atoms with van der Waals surface area (Å²) in [5, 5.41) is 11.7. The Morgan fingerprint density at radius 1 is 0.972 bits per heavy atom. The minimum Gasteiger partial charge on any atom is -0.456 e. The molecule has 2 aromatic carbocycles. The van der Waals surface area contributed by atoms with Crippen LogP contribution in [0.2, 0.25) is 0 Å². The second-order valence-corrected chi connectivity index (χ2v) is 8.49. The van der Waals surface area contributed by atoms with E-state index in [0.717, 1.165) is 0 Å². The summed E-state index contributed by atoms with van der Waals surface area (Å²) in [7, 11) is 0. The molecule has 0 radical (unpaired) electrons. The highest BCUT2D eigenvalue weighted by molar-refractivity contribution is 5.85. The normalized spacial score (nSPS) is 22.6. The number of fused-ring (bicyclic) bond motifs is 1. The van der Waals surface area contributed by atoms with Crippen molar-refractivity contribution in [2.24, 2.45) is 0 Å². The van der Waals surface area contributed by atoms with Crippen molar-refractivity contribution in [1.82, 2.24) is 4.57 Å². The van der Waals surface area contributed by atoms with Gasteiger partial charge in [0.15, 0.2) is 24.5 Å². The minimum absolute atomic E-state index is 0.189. The van der Waals surface area contributed by atoms with Crippen molar-refractivity contribution in [2.75, 3.05) is 6.61 Å². The van der Waals surface area contributed by atoms with Crippen molar-refractivity contribution in [3.63, 3.8) is 0 Å². The van der Waals surface area contributed by atoms with E-state index >= 15 is 0 Å². The highest BCUT2D eigenvalue weighted by Crippen LogP contribution is 2.37. The molecule has 1 unspecified atom stereocenters. The number of nitrogens with zero attached hydrogens (tertiary/aromatic N) is 1. The summed E-state index contributed by atoms with van der Waals surface area (Å²) in [4.78, 5) is 35.6. The average molecular weight is 499 g/mol. The number of carbonyl (C=O) groups is 3. The molecule has 0 bridgehead atoms. The summed E-state index contributed by atoms with van der Waals surface area (Å²) in [6.07, 6.45) is -4.03. The minimum atomic E-state index is -1.25. The fourth-order valence-electron chi connectivity index (χ4n) is 4.46. The third kappa shape index (κ3) is 5.24. The molecule has 1 aliphatic rings. The number of hydrogen-bond donors (Lipinski definition) is 1. The van der Waals surface area contributed by atoms with E-state index in [1.165, 1.54) is 43.5 Å². The van der Waals surface area contributed by atoms with Gasteiger partial charge in [-0.25, -0.2) is 4.39 Å². The fraction of sp³-hybridized carbons (Fsp3) is 0.346. The molecule has 1 fully saturated rings. The first-order chi connectivity index (χ1) is 17.2. The van der Waals surface area contributed by atoms with Crippen LogP contribution in [0.5, 0.6) is 0 Å². The van der Waals surface area contributed by atoms with Gasteiger partial charge in [0.05, 0.1) is 12.1 Å². The zero-order valence-electron chi connectivity index (χ0n) is 19.9. The second-order valence-electron chi connectivity index (χ2n) is 8.49. The maximum Gasteiger partial charge on any atom is 0.303 e. The number of benzene rings is 2. The summed E-state index contributed by atoms with van der Waals surface area (Å²) in [6.45, 7) is 3.35. The van der Waals surface area contributed by atoms with Crippen LogP contribution in [0.3, 0.4) is 0 Å². The van der Waals surface area contributed by atoms with Crippen LogP contribution in [0.4, 0.5) is 4.39 Å². The first-order valence-corrected chi connectivity index (χ1v) is 11.3. The van der Waals surface area contributed by atoms with E-state index in [-0.39, 0.29) is 6.61 Å². The summed E-state index contributed by atoms with van der Waals surface area (Å²) < 4.78 is 38.0. The third-order valence-electron chi connectivity index (χ3n) is 5.84. The van der Waals surface area contributed by atoms with E-state index in [4.69, 9.17) is 18.9 Å². The number of halogens is 1. The van der Waals surface area contributed by atoms with Gasteiger partial charge in [-0.1, -0.05) is 30.3 Å². The van der Waals surface area contributed by atoms with E-state index in [2.05, 4.69) is 0 Å². The maximum absolute atomic E-state index is 14.3. The third-order valence-corrected chi connectivity index (χ3v) is 5.84. The van der Waals surface area contributed by atoms with Crippen molar-refractivity contribution in [3.05, 3.63) is 71.7 Å². The molecule has 10 heteroatoms. The Bertz CT molecular complexity index is 1270. The number of aromatic nitrogens is 1. The number of esters is 3. The lowest BCUT2D eigenvalue weighted by molar-refractivity contribution is -0.239. The molecule has 1 aromatic heterocycles. The number of carbonyl (C=O) groups excluding carboxylic acids is 3. The quantitative estimate of drug-likeness (QED) is 0.407. The van der Waals surface area contributed by atoms with E-state index in [1.807, 2.05) is 6.07 Å². The Hall–Kier alpha value is -3.76. The molecule has 1 saturated heterocycles. The monoisotopic (exact) mass is 499 g/mol. The zero-order valence-corrected chi connectivity index (χ0v) is 19.9. The number of hydrogen-bond acceptors (Lipinski definition) is 8. The van der Waals surface area contributed by atoms with Gasteiger partial charge in [-0.05, 0) is 23.8 Å². The van der Waals surface area contributed by atoms with Gasteiger partial charge in [-0.2, -0.15) is 0 Å². The summed E-state index contributed by atoms with van der Waals surface area (Å²) in [6, 6.07) is 13.0. The summed E-state index contributed by atoms with van der Waals surface area (Å²) >= 11 is 0. The lowest BCUT2D eigenvalue weighted by Gasteiger charge is -2.41. The molecule has 0 spiro atoms. The van der Waals surface area contributed by atoms with Gasteiger partial charge in [-0.3, -0.25) is 14.4 Å². The van der Waals surface area contributed by atoms with Crippen molar-refractivity contribution in [3.8, 4) is 0 Å². The standard InChI is InChI=1S/C26H26FNO8/c1-14(29)34-22-13-33-26(25(36-16(3)31)24(22)35-15(2)30)28-12-20(19-10-9-18(27)11-21(19)28)23(32)17-7-5-4-6-8-17/h4-12,22-26,32H,13H2,1-3H3/t22-,23?,24+,25-,26-/m1/s1. The van der Waals surface area contributed by atoms with Crippen LogP contribution in [0.25, 0.3) is 10.9 Å². The van der Waals surface area contributed by atoms with E-state index < -0.39 is 54.4 Å². The predicted octanol–water partition coefficient (Wildman–Crippen LogP) is 3.19. The zero-order chi connectivity index (χ0) is 26.0. The van der Waals surface area contributed by atoms with Crippen LogP contribution in [0.1, 0.15) is 44.2 Å². The molecule has 9 nitrogen and oxygen atoms in total. The SMILES string of the molecule is CC(=O)O[C@@H]1[C@@H](OC(C)=O)[C@H](OC(C)=O)CO[C@H]1n1cc(C(O)c2ccccc2)c2ccc(F)cc21. The van der Waals surface area contributed by atoms with Crippen LogP contribution in [0.15, 0.2) is 54.7 Å². The van der Waals surface area contributed by atoms with Crippen LogP contribution < -0.4 is 0 Å². The summed E-state index contributed by atoms with van der Waals surface area (Å²) in [5.74, 6) is -2.54. The smallest absolute Gasteiger partial charge is 0.303 e. The van der Waals surface area contributed by atoms with Crippen molar-refractivity contribution in [2.45, 2.75) is 51.4 Å². The molecular formula is C26H26FNO8. The molecule has 0 saturated carbocycles. The number of rotatable bonds is 6. The van der Waals surface area contributed by atoms with Gasteiger partial charge >= 0.3 is 17.9 Å². The Morgan fingerprint density at radius 2 is 1.61 bits per heavy atom. The molecule has 1 N–H and O–H groups in total. The van der Waals surface area contributed by atoms with Crippen molar-refractivity contribution in [1.29, 1.82) is 0 Å². The molecule has 2 heterocycles. The summed E-state index contributed by atoms with van der Waals surface area (Å²) in [5.41, 5.74) is 1.44. The predicted molar refractivity (Wildman–Crippen MR) is 124 cm³/mol. The topological polar surface area (TPSA) is 113 Å². The molecular weight excluding hydrogens is 473 g/mol. The fourth-order valence-corrected chi connectivity index (χ4v) is 4.46. The molecule has 190 valence electrons. The Morgan fingerprint density at radius 3 is 2.25 bits per heavy atom. The van der Waals surface area contributed by atoms with Gasteiger partial charge in [0.2, 0.25) is 0 Å². The van der Waals surface area contributed by atoms with Crippen LogP contribution in [0, 0.1) is 5.82 Å². The molecule has 3 aromatic rings. The van der Waals surface area contributed by atoms with E-state index in [0.29, 0.717) is 22.0 Å². The van der Waals surface area contributed by atoms with Crippen LogP contribution >= 0.6 is 0 Å². The second kappa shape index (κ2) is 10.5. The highest BCUT2D eigenvalue weighted by Gasteiger charge is 2.48. The van der Waals surface area contributed by atoms with Gasteiger partial charge in [0, 0.05) is 37.9 Å². The van der Waals surface area contributed by atoms with Crippen molar-refractivity contribution < 1.29 is 42.8 Å². The first-order valence-electron chi connectivity index (χ1n) is 11.3. The van der Waals surface area contributed by atoms with Gasteiger partial charge in [0.25, 0.3) is 0 Å². The van der Waals surface area contributed by atoms with Gasteiger partial charge < -0.3 is 28.6 Å². The lowest BCUT2D eigenvalue weighted by atomic mass is 10.0. The highest BCUT2D eigenvalue weighted by atomic mass is 19.1. The van der Waals surface area contributed by atoms with Crippen molar-refractivity contribution >= 4 is 28.8 Å². The largest absolute Gasteiger partial charge is 0.456 e. The van der Waals surface area contributed by atoms with Gasteiger partial charge in [-0.15, -0.1) is 0 Å². The Kier molecular flexibility index (Phi) is 7.37. The molecule has 5 atom stereocenters. The molecule has 36 heavy (non-hydrogen) atoms. The molecule has 0 amide bonds. The number of ether oxygens (including phenoxy) is 4. The van der Waals surface area contributed by atoms with Crippen LogP contribution in [-0.4, -0.2) is 52.5 Å². The lowest BCUT2D eigenvalue weighted by Crippen LogP contribution is -2.55. The van der Waals surface area contributed by atoms with E-state index in [1.54, 1.807) is 30.5 Å². The molecule has 0 aliphatic carbocycles. The van der Waals surface area contributed by atoms with Crippen LogP contribution in [-0.2, 0) is 33.3 Å². The number of aliphatic hydroxyl groups excluding tert-OH is 1. The maximum atomic E-state index is 14.3. The molecule has 1 aliphatic heterocycles. The molecule has 4 rings (SSSR count). The van der Waals surface area contributed by atoms with Gasteiger partial charge in [0.1, 0.15) is 11.9 Å². The first kappa shape index (κ1) is 25.3. The average Bonchev–Trinajstić information content (AvgIpc) is 3.19.